The molecule has 0 saturated carbocycles. The van der Waals surface area contributed by atoms with Gasteiger partial charge >= 0.3 is 6.09 Å². The molecule has 6 nitrogen and oxygen atoms in total. The second kappa shape index (κ2) is 7.25. The molecule has 1 fully saturated rings. The van der Waals surface area contributed by atoms with E-state index < -0.39 is 21.7 Å². The summed E-state index contributed by atoms with van der Waals surface area (Å²) in [6, 6.07) is 4.92. The largest absolute Gasteiger partial charge is 0.444 e. The topological polar surface area (TPSA) is 66.9 Å². The summed E-state index contributed by atoms with van der Waals surface area (Å²) in [6.45, 7) is 7.85. The Bertz CT molecular complexity index is 758. The lowest BCUT2D eigenvalue weighted by Gasteiger charge is -2.28. The van der Waals surface area contributed by atoms with Gasteiger partial charge in [0.05, 0.1) is 4.90 Å². The summed E-state index contributed by atoms with van der Waals surface area (Å²) in [5, 5.41) is 0. The molecule has 1 heterocycles. The van der Waals surface area contributed by atoms with Gasteiger partial charge in [0.25, 0.3) is 0 Å². The molecule has 140 valence electrons. The van der Waals surface area contributed by atoms with Gasteiger partial charge in [0.15, 0.2) is 0 Å². The van der Waals surface area contributed by atoms with Crippen molar-refractivity contribution in [2.75, 3.05) is 20.1 Å². The Morgan fingerprint density at radius 3 is 2.56 bits per heavy atom. The molecule has 0 aromatic heterocycles. The number of ether oxygens (including phenoxy) is 1. The van der Waals surface area contributed by atoms with Gasteiger partial charge in [0.2, 0.25) is 10.0 Å². The molecule has 25 heavy (non-hydrogen) atoms. The van der Waals surface area contributed by atoms with Gasteiger partial charge in [-0.15, -0.1) is 0 Å². The SMILES string of the molecule is Cc1cc(Br)ccc1S(=O)(=O)N1CC[C@@H](N(C)C(=O)OC(C)(C)C)C1. The van der Waals surface area contributed by atoms with Gasteiger partial charge in [-0.3, -0.25) is 0 Å². The maximum absolute atomic E-state index is 12.9. The van der Waals surface area contributed by atoms with E-state index in [0.717, 1.165) is 4.47 Å². The van der Waals surface area contributed by atoms with Crippen LogP contribution in [0.3, 0.4) is 0 Å². The first kappa shape index (κ1) is 20.2. The van der Waals surface area contributed by atoms with Crippen LogP contribution in [0.4, 0.5) is 4.79 Å². The fraction of sp³-hybridized carbons (Fsp3) is 0.588. The third kappa shape index (κ3) is 4.74. The van der Waals surface area contributed by atoms with Gasteiger partial charge in [-0.2, -0.15) is 4.31 Å². The number of benzene rings is 1. The average molecular weight is 433 g/mol. The zero-order valence-corrected chi connectivity index (χ0v) is 17.6. The van der Waals surface area contributed by atoms with E-state index in [2.05, 4.69) is 15.9 Å². The average Bonchev–Trinajstić information content (AvgIpc) is 2.94. The first-order valence-electron chi connectivity index (χ1n) is 8.14. The number of carbonyl (C=O) groups excluding carboxylic acids is 1. The minimum Gasteiger partial charge on any atom is -0.444 e. The van der Waals surface area contributed by atoms with Gasteiger partial charge in [0, 0.05) is 30.7 Å². The summed E-state index contributed by atoms with van der Waals surface area (Å²) < 4.78 is 33.5. The van der Waals surface area contributed by atoms with E-state index >= 15 is 0 Å². The molecule has 0 radical (unpaired) electrons. The molecule has 1 aliphatic rings. The predicted octanol–water partition coefficient (Wildman–Crippen LogP) is 3.39. The second-order valence-corrected chi connectivity index (χ2v) is 10.1. The summed E-state index contributed by atoms with van der Waals surface area (Å²) in [6.07, 6.45) is 0.154. The molecule has 0 spiro atoms. The number of sulfonamides is 1. The lowest BCUT2D eigenvalue weighted by atomic mass is 10.2. The van der Waals surface area contributed by atoms with E-state index in [9.17, 15) is 13.2 Å². The predicted molar refractivity (Wildman–Crippen MR) is 100 cm³/mol. The van der Waals surface area contributed by atoms with Gasteiger partial charge in [0.1, 0.15) is 5.60 Å². The number of hydrogen-bond donors (Lipinski definition) is 0. The van der Waals surface area contributed by atoms with Crippen LogP contribution in [0.25, 0.3) is 0 Å². The molecule has 1 aliphatic heterocycles. The normalized spacial score (nSPS) is 19.0. The van der Waals surface area contributed by atoms with E-state index in [1.165, 1.54) is 9.21 Å². The highest BCUT2D eigenvalue weighted by Gasteiger charge is 2.37. The highest BCUT2D eigenvalue weighted by molar-refractivity contribution is 9.10. The summed E-state index contributed by atoms with van der Waals surface area (Å²) in [7, 11) is -1.93. The van der Waals surface area contributed by atoms with E-state index in [-0.39, 0.29) is 12.6 Å². The zero-order valence-electron chi connectivity index (χ0n) is 15.2. The number of hydrogen-bond acceptors (Lipinski definition) is 4. The van der Waals surface area contributed by atoms with Crippen molar-refractivity contribution in [3.8, 4) is 0 Å². The lowest BCUT2D eigenvalue weighted by Crippen LogP contribution is -2.42. The minimum atomic E-state index is -3.58. The number of rotatable bonds is 3. The molecular weight excluding hydrogens is 408 g/mol. The highest BCUT2D eigenvalue weighted by atomic mass is 79.9. The highest BCUT2D eigenvalue weighted by Crippen LogP contribution is 2.27. The van der Waals surface area contributed by atoms with Crippen molar-refractivity contribution in [2.24, 2.45) is 0 Å². The Morgan fingerprint density at radius 2 is 2.00 bits per heavy atom. The number of amides is 1. The molecule has 1 atom stereocenters. The van der Waals surface area contributed by atoms with Crippen molar-refractivity contribution in [2.45, 2.75) is 50.7 Å². The van der Waals surface area contributed by atoms with E-state index in [1.807, 2.05) is 0 Å². The van der Waals surface area contributed by atoms with Crippen molar-refractivity contribution in [1.82, 2.24) is 9.21 Å². The van der Waals surface area contributed by atoms with Crippen molar-refractivity contribution >= 4 is 32.0 Å². The van der Waals surface area contributed by atoms with Crippen LogP contribution in [0.15, 0.2) is 27.6 Å². The first-order chi connectivity index (χ1) is 11.4. The molecule has 1 saturated heterocycles. The molecule has 2 rings (SSSR count). The van der Waals surface area contributed by atoms with Crippen LogP contribution in [0.5, 0.6) is 0 Å². The molecule has 1 amide bonds. The Morgan fingerprint density at radius 1 is 1.36 bits per heavy atom. The number of halogens is 1. The molecule has 0 aliphatic carbocycles. The maximum atomic E-state index is 12.9. The van der Waals surface area contributed by atoms with Crippen molar-refractivity contribution in [3.05, 3.63) is 28.2 Å². The number of nitrogens with zero attached hydrogens (tertiary/aromatic N) is 2. The maximum Gasteiger partial charge on any atom is 0.410 e. The van der Waals surface area contributed by atoms with E-state index in [4.69, 9.17) is 4.74 Å². The van der Waals surface area contributed by atoms with Crippen molar-refractivity contribution in [1.29, 1.82) is 0 Å². The monoisotopic (exact) mass is 432 g/mol. The van der Waals surface area contributed by atoms with Gasteiger partial charge in [-0.05, 0) is 57.9 Å². The van der Waals surface area contributed by atoms with Crippen LogP contribution in [0.1, 0.15) is 32.8 Å². The minimum absolute atomic E-state index is 0.194. The number of carbonyl (C=O) groups is 1. The molecule has 0 unspecified atom stereocenters. The Kier molecular flexibility index (Phi) is 5.85. The van der Waals surface area contributed by atoms with E-state index in [0.29, 0.717) is 23.4 Å². The smallest absolute Gasteiger partial charge is 0.410 e. The molecule has 8 heteroatoms. The molecule has 1 aromatic carbocycles. The van der Waals surface area contributed by atoms with Crippen molar-refractivity contribution < 1.29 is 17.9 Å². The van der Waals surface area contributed by atoms with Crippen molar-refractivity contribution in [3.63, 3.8) is 0 Å². The quantitative estimate of drug-likeness (QED) is 0.733. The van der Waals surface area contributed by atoms with Crippen LogP contribution in [-0.2, 0) is 14.8 Å². The van der Waals surface area contributed by atoms with Crippen LogP contribution >= 0.6 is 15.9 Å². The molecular formula is C17H25BrN2O4S. The molecule has 0 bridgehead atoms. The summed E-state index contributed by atoms with van der Waals surface area (Å²) in [5.41, 5.74) is 0.114. The van der Waals surface area contributed by atoms with Crippen LogP contribution < -0.4 is 0 Å². The second-order valence-electron chi connectivity index (χ2n) is 7.31. The summed E-state index contributed by atoms with van der Waals surface area (Å²) in [4.78, 5) is 14.0. The Labute approximate surface area is 158 Å². The fourth-order valence-electron chi connectivity index (χ4n) is 2.77. The lowest BCUT2D eigenvalue weighted by molar-refractivity contribution is 0.0232. The third-order valence-corrected chi connectivity index (χ3v) is 6.63. The van der Waals surface area contributed by atoms with Crippen LogP contribution in [-0.4, -0.2) is 55.5 Å². The van der Waals surface area contributed by atoms with Crippen LogP contribution in [0, 0.1) is 6.92 Å². The standard InChI is InChI=1S/C17H25BrN2O4S/c1-12-10-13(18)6-7-15(12)25(22,23)20-9-8-14(11-20)19(5)16(21)24-17(2,3)4/h6-7,10,14H,8-9,11H2,1-5H3/t14-/m1/s1. The van der Waals surface area contributed by atoms with Gasteiger partial charge in [-0.1, -0.05) is 15.9 Å². The van der Waals surface area contributed by atoms with Gasteiger partial charge < -0.3 is 9.64 Å². The van der Waals surface area contributed by atoms with Crippen LogP contribution in [0.2, 0.25) is 0 Å². The summed E-state index contributed by atoms with van der Waals surface area (Å²) in [5.74, 6) is 0. The number of aryl methyl sites for hydroxylation is 1. The first-order valence-corrected chi connectivity index (χ1v) is 10.4. The number of likely N-dealkylation sites (N-methyl/N-ethyl adjacent to an activating group) is 1. The third-order valence-electron chi connectivity index (χ3n) is 4.11. The zero-order chi connectivity index (χ0) is 19.0. The molecule has 1 aromatic rings. The fourth-order valence-corrected chi connectivity index (χ4v) is 4.94. The van der Waals surface area contributed by atoms with E-state index in [1.54, 1.807) is 52.9 Å². The Balaban J connectivity index is 2.12. The Hall–Kier alpha value is -1.12. The summed E-state index contributed by atoms with van der Waals surface area (Å²) >= 11 is 3.35. The van der Waals surface area contributed by atoms with Gasteiger partial charge in [-0.25, -0.2) is 13.2 Å². The molecule has 0 N–H and O–H groups in total.